The summed E-state index contributed by atoms with van der Waals surface area (Å²) in [5.74, 6) is -0.857. The molecule has 2 aromatic carbocycles. The Hall–Kier alpha value is -3.87. The molecule has 0 bridgehead atoms. The maximum Gasteiger partial charge on any atom is 0.271 e. The molecule has 0 saturated carbocycles. The molecule has 1 amide bonds. The highest BCUT2D eigenvalue weighted by molar-refractivity contribution is 6.51. The molecule has 4 rings (SSSR count). The number of phenols is 1. The van der Waals surface area contributed by atoms with Gasteiger partial charge < -0.3 is 10.0 Å². The fourth-order valence-electron chi connectivity index (χ4n) is 3.40. The summed E-state index contributed by atoms with van der Waals surface area (Å²) in [6.45, 7) is 2.20. The first-order valence-electron chi connectivity index (χ1n) is 8.78. The van der Waals surface area contributed by atoms with Crippen LogP contribution in [0.15, 0.2) is 53.3 Å². The van der Waals surface area contributed by atoms with E-state index in [2.05, 4.69) is 10.2 Å². The van der Waals surface area contributed by atoms with Gasteiger partial charge in [-0.15, -0.1) is 0 Å². The van der Waals surface area contributed by atoms with Crippen molar-refractivity contribution in [2.75, 3.05) is 11.4 Å². The highest BCUT2D eigenvalue weighted by Crippen LogP contribution is 2.29. The number of rotatable bonds is 2. The molecule has 0 atom stereocenters. The van der Waals surface area contributed by atoms with E-state index in [0.29, 0.717) is 23.4 Å². The lowest BCUT2D eigenvalue weighted by atomic mass is 9.94. The van der Waals surface area contributed by atoms with Crippen molar-refractivity contribution in [3.8, 4) is 5.75 Å². The van der Waals surface area contributed by atoms with Gasteiger partial charge in [0.1, 0.15) is 11.3 Å². The van der Waals surface area contributed by atoms with Crippen LogP contribution in [0.1, 0.15) is 22.8 Å². The first-order valence-corrected chi connectivity index (χ1v) is 8.78. The van der Waals surface area contributed by atoms with E-state index in [1.807, 2.05) is 6.92 Å². The Labute approximate surface area is 159 Å². The first kappa shape index (κ1) is 17.5. The van der Waals surface area contributed by atoms with Crippen LogP contribution in [0.4, 0.5) is 5.69 Å². The molecule has 28 heavy (non-hydrogen) atoms. The number of nitrogens with one attached hydrogen (secondary N) is 2. The van der Waals surface area contributed by atoms with E-state index in [0.717, 1.165) is 0 Å². The van der Waals surface area contributed by atoms with Crippen molar-refractivity contribution in [1.82, 2.24) is 10.2 Å². The van der Waals surface area contributed by atoms with Crippen molar-refractivity contribution in [2.24, 2.45) is 0 Å². The molecule has 3 aromatic rings. The molecule has 0 aliphatic carbocycles. The highest BCUT2D eigenvalue weighted by atomic mass is 16.3. The van der Waals surface area contributed by atoms with Crippen molar-refractivity contribution >= 4 is 29.0 Å². The van der Waals surface area contributed by atoms with Crippen molar-refractivity contribution in [1.29, 1.82) is 0 Å². The lowest BCUT2D eigenvalue weighted by Gasteiger charge is -2.28. The summed E-state index contributed by atoms with van der Waals surface area (Å²) >= 11 is 0. The Morgan fingerprint density at radius 2 is 1.82 bits per heavy atom. The molecule has 1 aromatic heterocycles. The van der Waals surface area contributed by atoms with Gasteiger partial charge in [-0.1, -0.05) is 24.3 Å². The summed E-state index contributed by atoms with van der Waals surface area (Å²) in [7, 11) is 0. The summed E-state index contributed by atoms with van der Waals surface area (Å²) in [6, 6.07) is 13.2. The Morgan fingerprint density at radius 1 is 1.04 bits per heavy atom. The number of H-pyrrole nitrogens is 2. The van der Waals surface area contributed by atoms with E-state index in [9.17, 15) is 19.5 Å². The van der Waals surface area contributed by atoms with Gasteiger partial charge in [-0.2, -0.15) is 0 Å². The largest absolute Gasteiger partial charge is 0.508 e. The number of nitrogens with zero attached hydrogens (tertiary/aromatic N) is 1. The number of anilines is 1. The minimum atomic E-state index is -0.466. The van der Waals surface area contributed by atoms with Gasteiger partial charge in [-0.3, -0.25) is 24.6 Å². The molecule has 0 fully saturated rings. The van der Waals surface area contributed by atoms with Crippen LogP contribution in [0.2, 0.25) is 0 Å². The normalized spacial score (nSPS) is 16.5. The fourth-order valence-corrected chi connectivity index (χ4v) is 3.40. The number of benzene rings is 2. The number of hydrogen-bond acceptors (Lipinski definition) is 4. The standard InChI is InChI=1S/C21H17N3O4/c1-2-24-16-9-4-3-8-14(16)19(26)17(21(24)28)18-15(20(27)23-22-18)11-12-6-5-7-13(25)10-12/h3-11,22,25H,2H2,1H3,(H,23,27)/b15-11+,18-17+. The van der Waals surface area contributed by atoms with Gasteiger partial charge in [0.05, 0.1) is 16.3 Å². The number of carbonyl (C=O) groups excluding carboxylic acids is 2. The second kappa shape index (κ2) is 6.70. The van der Waals surface area contributed by atoms with Crippen LogP contribution in [0.5, 0.6) is 5.75 Å². The number of hydrogen-bond donors (Lipinski definition) is 3. The van der Waals surface area contributed by atoms with Crippen LogP contribution >= 0.6 is 0 Å². The number of para-hydroxylation sites is 1. The molecular formula is C21H17N3O4. The van der Waals surface area contributed by atoms with Crippen LogP contribution in [0.3, 0.4) is 0 Å². The average molecular weight is 375 g/mol. The second-order valence-corrected chi connectivity index (χ2v) is 6.38. The molecule has 0 radical (unpaired) electrons. The predicted octanol–water partition coefficient (Wildman–Crippen LogP) is 0.637. The van der Waals surface area contributed by atoms with E-state index in [1.165, 1.54) is 23.1 Å². The van der Waals surface area contributed by atoms with Crippen LogP contribution in [0.25, 0.3) is 11.6 Å². The van der Waals surface area contributed by atoms with Crippen LogP contribution < -0.4 is 21.0 Å². The SMILES string of the molecule is CCN1C(=O)/C(=c2/[nH][nH]c(=O)/c2=C/c2cccc(O)c2)C(=O)c2ccccc21. The zero-order valence-corrected chi connectivity index (χ0v) is 15.0. The van der Waals surface area contributed by atoms with E-state index in [-0.39, 0.29) is 21.9 Å². The third-order valence-electron chi connectivity index (χ3n) is 4.69. The molecule has 1 aliphatic heterocycles. The topological polar surface area (TPSA) is 106 Å². The minimum absolute atomic E-state index is 0.0471. The van der Waals surface area contributed by atoms with Gasteiger partial charge in [0, 0.05) is 12.1 Å². The number of Topliss-reactive ketones (excluding diaryl/α,β-unsaturated/α-hetero) is 1. The van der Waals surface area contributed by atoms with E-state index >= 15 is 0 Å². The second-order valence-electron chi connectivity index (χ2n) is 6.38. The number of aromatic nitrogens is 2. The fraction of sp³-hybridized carbons (Fsp3) is 0.0952. The van der Waals surface area contributed by atoms with Crippen molar-refractivity contribution in [3.05, 3.63) is 80.6 Å². The molecule has 7 nitrogen and oxygen atoms in total. The Balaban J connectivity index is 2.05. The van der Waals surface area contributed by atoms with Gasteiger partial charge in [-0.05, 0) is 42.8 Å². The number of carbonyl (C=O) groups is 2. The van der Waals surface area contributed by atoms with Gasteiger partial charge in [0.2, 0.25) is 5.78 Å². The van der Waals surface area contributed by atoms with Crippen molar-refractivity contribution in [3.63, 3.8) is 0 Å². The Morgan fingerprint density at radius 3 is 2.57 bits per heavy atom. The Kier molecular flexibility index (Phi) is 4.19. The number of aromatic hydroxyl groups is 1. The van der Waals surface area contributed by atoms with Gasteiger partial charge >= 0.3 is 0 Å². The van der Waals surface area contributed by atoms with Crippen LogP contribution in [0, 0.1) is 0 Å². The molecule has 140 valence electrons. The first-order chi connectivity index (χ1) is 13.5. The molecule has 3 N–H and O–H groups in total. The molecular weight excluding hydrogens is 358 g/mol. The third-order valence-corrected chi connectivity index (χ3v) is 4.69. The summed E-state index contributed by atoms with van der Waals surface area (Å²) in [6.07, 6.45) is 1.52. The van der Waals surface area contributed by atoms with E-state index in [1.54, 1.807) is 36.4 Å². The molecule has 0 saturated heterocycles. The van der Waals surface area contributed by atoms with Crippen LogP contribution in [-0.4, -0.2) is 33.5 Å². The van der Waals surface area contributed by atoms with Crippen molar-refractivity contribution < 1.29 is 14.7 Å². The summed E-state index contributed by atoms with van der Waals surface area (Å²) in [5.41, 5.74) is 0.971. The molecule has 0 unspecified atom stereocenters. The maximum absolute atomic E-state index is 13.1. The van der Waals surface area contributed by atoms with E-state index < -0.39 is 17.2 Å². The van der Waals surface area contributed by atoms with Gasteiger partial charge in [-0.25, -0.2) is 0 Å². The predicted molar refractivity (Wildman–Crippen MR) is 105 cm³/mol. The summed E-state index contributed by atoms with van der Waals surface area (Å²) in [4.78, 5) is 40.0. The number of phenolic OH excluding ortho intramolecular Hbond substituents is 1. The number of ketones is 1. The van der Waals surface area contributed by atoms with Gasteiger partial charge in [0.15, 0.2) is 0 Å². The summed E-state index contributed by atoms with van der Waals surface area (Å²) < 4.78 is 0. The molecule has 2 heterocycles. The zero-order valence-electron chi connectivity index (χ0n) is 15.0. The monoisotopic (exact) mass is 375 g/mol. The lowest BCUT2D eigenvalue weighted by molar-refractivity contribution is -0.113. The quantitative estimate of drug-likeness (QED) is 0.611. The van der Waals surface area contributed by atoms with Gasteiger partial charge in [0.25, 0.3) is 11.5 Å². The maximum atomic E-state index is 13.1. The average Bonchev–Trinajstić information content (AvgIpc) is 3.03. The van der Waals surface area contributed by atoms with E-state index in [4.69, 9.17) is 0 Å². The molecule has 7 heteroatoms. The number of amides is 1. The highest BCUT2D eigenvalue weighted by Gasteiger charge is 2.35. The molecule has 1 aliphatic rings. The zero-order chi connectivity index (χ0) is 19.8. The van der Waals surface area contributed by atoms with Crippen molar-refractivity contribution in [2.45, 2.75) is 6.92 Å². The van der Waals surface area contributed by atoms with Crippen LogP contribution in [-0.2, 0) is 4.79 Å². The number of fused-ring (bicyclic) bond motifs is 1. The third kappa shape index (κ3) is 2.73. The smallest absolute Gasteiger partial charge is 0.271 e. The lowest BCUT2D eigenvalue weighted by Crippen LogP contribution is -2.45. The summed E-state index contributed by atoms with van der Waals surface area (Å²) in [5, 5.41) is 15.1. The Bertz CT molecular complexity index is 1280. The molecule has 0 spiro atoms. The number of aromatic amines is 2. The minimum Gasteiger partial charge on any atom is -0.508 e.